The molecule has 3 aromatic carbocycles. The first-order chi connectivity index (χ1) is 15.0. The molecule has 5 heteroatoms. The van der Waals surface area contributed by atoms with E-state index in [9.17, 15) is 9.59 Å². The second-order valence-corrected chi connectivity index (χ2v) is 7.81. The number of carbonyl (C=O) groups is 2. The predicted octanol–water partition coefficient (Wildman–Crippen LogP) is 3.23. The molecule has 4 rings (SSSR count). The molecule has 0 saturated heterocycles. The van der Waals surface area contributed by atoms with Crippen molar-refractivity contribution in [3.63, 3.8) is 0 Å². The highest BCUT2D eigenvalue weighted by Gasteiger charge is 2.21. The van der Waals surface area contributed by atoms with E-state index in [0.29, 0.717) is 30.9 Å². The van der Waals surface area contributed by atoms with Crippen molar-refractivity contribution in [3.8, 4) is 5.75 Å². The standard InChI is InChI=1S/C26H26N2O3/c1-4-31-22-12-11-18-7-5-6-8-21(18)23(22)26(30)27-14-13-20-15-19-10-9-16(2)17(3)24(19)28-25(20)29/h5-12,15,20H,4,13-14H2,1-3H3,(H,27,30). The molecule has 1 aliphatic rings. The quantitative estimate of drug-likeness (QED) is 0.673. The molecule has 158 valence electrons. The molecule has 0 aliphatic carbocycles. The lowest BCUT2D eigenvalue weighted by atomic mass is 9.97. The van der Waals surface area contributed by atoms with Gasteiger partial charge < -0.3 is 10.1 Å². The van der Waals surface area contributed by atoms with Gasteiger partial charge in [0, 0.05) is 6.54 Å². The van der Waals surface area contributed by atoms with Crippen molar-refractivity contribution in [3.05, 3.63) is 75.8 Å². The SMILES string of the molecule is CCOc1ccc2ccccc2c1C(=O)NCCC1C=c2ccc(C)c(C)c2=NC1=O. The van der Waals surface area contributed by atoms with Gasteiger partial charge in [0.15, 0.2) is 0 Å². The number of aryl methyl sites for hydroxylation is 1. The van der Waals surface area contributed by atoms with Crippen molar-refractivity contribution in [1.82, 2.24) is 5.32 Å². The van der Waals surface area contributed by atoms with Crippen molar-refractivity contribution < 1.29 is 14.3 Å². The molecule has 31 heavy (non-hydrogen) atoms. The van der Waals surface area contributed by atoms with E-state index in [4.69, 9.17) is 4.74 Å². The summed E-state index contributed by atoms with van der Waals surface area (Å²) in [6, 6.07) is 15.6. The third-order valence-electron chi connectivity index (χ3n) is 5.81. The zero-order valence-corrected chi connectivity index (χ0v) is 18.1. The molecule has 0 bridgehead atoms. The number of fused-ring (bicyclic) bond motifs is 2. The molecule has 0 radical (unpaired) electrons. The Balaban J connectivity index is 1.52. The predicted molar refractivity (Wildman–Crippen MR) is 122 cm³/mol. The number of nitrogens with zero attached hydrogens (tertiary/aromatic N) is 1. The molecule has 1 heterocycles. The fourth-order valence-corrected chi connectivity index (χ4v) is 3.98. The number of rotatable bonds is 6. The van der Waals surface area contributed by atoms with Gasteiger partial charge in [-0.25, -0.2) is 4.99 Å². The Hall–Kier alpha value is -3.47. The summed E-state index contributed by atoms with van der Waals surface area (Å²) in [5.41, 5.74) is 2.68. The van der Waals surface area contributed by atoms with E-state index in [-0.39, 0.29) is 17.7 Å². The summed E-state index contributed by atoms with van der Waals surface area (Å²) in [6.45, 7) is 6.74. The molecule has 1 atom stereocenters. The number of ether oxygens (including phenoxy) is 1. The Kier molecular flexibility index (Phi) is 5.85. The Bertz CT molecular complexity index is 1290. The van der Waals surface area contributed by atoms with Gasteiger partial charge in [-0.2, -0.15) is 0 Å². The largest absolute Gasteiger partial charge is 0.493 e. The monoisotopic (exact) mass is 414 g/mol. The third-order valence-corrected chi connectivity index (χ3v) is 5.81. The van der Waals surface area contributed by atoms with Crippen LogP contribution in [0, 0.1) is 19.8 Å². The second-order valence-electron chi connectivity index (χ2n) is 7.81. The van der Waals surface area contributed by atoms with Gasteiger partial charge in [-0.05, 0) is 60.4 Å². The Morgan fingerprint density at radius 1 is 1.10 bits per heavy atom. The van der Waals surface area contributed by atoms with E-state index >= 15 is 0 Å². The van der Waals surface area contributed by atoms with Gasteiger partial charge in [0.25, 0.3) is 11.8 Å². The third kappa shape index (κ3) is 4.08. The Labute approximate surface area is 181 Å². The number of nitrogens with one attached hydrogen (secondary N) is 1. The highest BCUT2D eigenvalue weighted by Crippen LogP contribution is 2.28. The van der Waals surface area contributed by atoms with Crippen molar-refractivity contribution >= 4 is 28.7 Å². The molecule has 3 aromatic rings. The van der Waals surface area contributed by atoms with E-state index in [0.717, 1.165) is 32.5 Å². The van der Waals surface area contributed by atoms with Gasteiger partial charge in [-0.3, -0.25) is 9.59 Å². The van der Waals surface area contributed by atoms with Crippen LogP contribution in [0.3, 0.4) is 0 Å². The minimum Gasteiger partial charge on any atom is -0.493 e. The van der Waals surface area contributed by atoms with Gasteiger partial charge in [0.05, 0.1) is 23.4 Å². The van der Waals surface area contributed by atoms with Crippen LogP contribution >= 0.6 is 0 Å². The number of hydrogen-bond acceptors (Lipinski definition) is 3. The Morgan fingerprint density at radius 3 is 2.71 bits per heavy atom. The first kappa shape index (κ1) is 20.8. The van der Waals surface area contributed by atoms with Gasteiger partial charge in [-0.1, -0.05) is 48.5 Å². The van der Waals surface area contributed by atoms with Crippen LogP contribution in [-0.4, -0.2) is 25.0 Å². The number of carbonyl (C=O) groups excluding carboxylic acids is 2. The molecular formula is C26H26N2O3. The lowest BCUT2D eigenvalue weighted by Crippen LogP contribution is -2.37. The zero-order valence-electron chi connectivity index (χ0n) is 18.1. The van der Waals surface area contributed by atoms with Crippen LogP contribution < -0.4 is 20.6 Å². The fourth-order valence-electron chi connectivity index (χ4n) is 3.98. The van der Waals surface area contributed by atoms with Crippen LogP contribution in [0.2, 0.25) is 0 Å². The van der Waals surface area contributed by atoms with Gasteiger partial charge >= 0.3 is 0 Å². The van der Waals surface area contributed by atoms with E-state index in [2.05, 4.69) is 10.3 Å². The van der Waals surface area contributed by atoms with Crippen molar-refractivity contribution in [2.45, 2.75) is 27.2 Å². The maximum atomic E-state index is 13.0. The molecule has 0 saturated carbocycles. The lowest BCUT2D eigenvalue weighted by Gasteiger charge is -2.16. The molecule has 0 fully saturated rings. The van der Waals surface area contributed by atoms with Crippen molar-refractivity contribution in [2.75, 3.05) is 13.2 Å². The minimum atomic E-state index is -0.339. The number of amides is 2. The summed E-state index contributed by atoms with van der Waals surface area (Å²) in [5, 5.41) is 6.54. The number of hydrogen-bond donors (Lipinski definition) is 1. The van der Waals surface area contributed by atoms with Crippen LogP contribution in [0.1, 0.15) is 34.8 Å². The van der Waals surface area contributed by atoms with Crippen LogP contribution in [0.4, 0.5) is 0 Å². The van der Waals surface area contributed by atoms with Gasteiger partial charge in [0.1, 0.15) is 5.75 Å². The normalized spacial score (nSPS) is 15.1. The van der Waals surface area contributed by atoms with E-state index in [1.807, 2.05) is 75.4 Å². The average Bonchev–Trinajstić information content (AvgIpc) is 2.77. The molecule has 1 aliphatic heterocycles. The molecule has 1 N–H and O–H groups in total. The zero-order chi connectivity index (χ0) is 22.0. The summed E-state index contributed by atoms with van der Waals surface area (Å²) < 4.78 is 5.70. The summed E-state index contributed by atoms with van der Waals surface area (Å²) in [6.07, 6.45) is 2.46. The molecule has 2 amide bonds. The van der Waals surface area contributed by atoms with E-state index in [1.165, 1.54) is 0 Å². The van der Waals surface area contributed by atoms with E-state index < -0.39 is 0 Å². The maximum absolute atomic E-state index is 13.0. The van der Waals surface area contributed by atoms with Crippen LogP contribution in [-0.2, 0) is 4.79 Å². The van der Waals surface area contributed by atoms with Gasteiger partial charge in [-0.15, -0.1) is 0 Å². The van der Waals surface area contributed by atoms with Gasteiger partial charge in [0.2, 0.25) is 0 Å². The summed E-state index contributed by atoms with van der Waals surface area (Å²) >= 11 is 0. The topological polar surface area (TPSA) is 67.8 Å². The van der Waals surface area contributed by atoms with Crippen LogP contribution in [0.15, 0.2) is 53.5 Å². The Morgan fingerprint density at radius 2 is 1.90 bits per heavy atom. The molecular weight excluding hydrogens is 388 g/mol. The molecule has 1 unspecified atom stereocenters. The van der Waals surface area contributed by atoms with Crippen molar-refractivity contribution in [2.24, 2.45) is 10.9 Å². The minimum absolute atomic E-state index is 0.157. The summed E-state index contributed by atoms with van der Waals surface area (Å²) in [5.74, 6) is -0.134. The number of benzene rings is 3. The first-order valence-corrected chi connectivity index (χ1v) is 10.6. The molecule has 0 spiro atoms. The van der Waals surface area contributed by atoms with Crippen LogP contribution in [0.25, 0.3) is 16.8 Å². The van der Waals surface area contributed by atoms with E-state index in [1.54, 1.807) is 0 Å². The highest BCUT2D eigenvalue weighted by molar-refractivity contribution is 6.09. The lowest BCUT2D eigenvalue weighted by molar-refractivity contribution is -0.120. The molecule has 5 nitrogen and oxygen atoms in total. The van der Waals surface area contributed by atoms with Crippen molar-refractivity contribution in [1.29, 1.82) is 0 Å². The fraction of sp³-hybridized carbons (Fsp3) is 0.269. The second kappa shape index (κ2) is 8.72. The summed E-state index contributed by atoms with van der Waals surface area (Å²) in [7, 11) is 0. The smallest absolute Gasteiger partial charge is 0.255 e. The van der Waals surface area contributed by atoms with Crippen LogP contribution in [0.5, 0.6) is 5.75 Å². The maximum Gasteiger partial charge on any atom is 0.255 e. The molecule has 0 aromatic heterocycles. The summed E-state index contributed by atoms with van der Waals surface area (Å²) in [4.78, 5) is 29.9. The highest BCUT2D eigenvalue weighted by atomic mass is 16.5. The first-order valence-electron chi connectivity index (χ1n) is 10.6. The average molecular weight is 415 g/mol.